The highest BCUT2D eigenvalue weighted by molar-refractivity contribution is 5.25. The van der Waals surface area contributed by atoms with E-state index in [1.165, 1.54) is 5.56 Å². The van der Waals surface area contributed by atoms with Crippen LogP contribution in [-0.4, -0.2) is 40.3 Å². The lowest BCUT2D eigenvalue weighted by Gasteiger charge is -2.49. The molecule has 0 aromatic heterocycles. The van der Waals surface area contributed by atoms with Gasteiger partial charge in [0.15, 0.2) is 0 Å². The summed E-state index contributed by atoms with van der Waals surface area (Å²) in [5.41, 5.74) is 1.11. The molecule has 0 bridgehead atoms. The number of nitrogens with zero attached hydrogens (tertiary/aromatic N) is 1. The SMILES string of the molecule is CC(CCc1ccc(O)cc1)N1CC(C)(C)OC(C)(C)C1. The summed E-state index contributed by atoms with van der Waals surface area (Å²) in [6.07, 6.45) is 2.16. The van der Waals surface area contributed by atoms with E-state index in [0.717, 1.165) is 25.9 Å². The molecule has 0 saturated carbocycles. The summed E-state index contributed by atoms with van der Waals surface area (Å²) < 4.78 is 6.15. The fourth-order valence-electron chi connectivity index (χ4n) is 3.38. The van der Waals surface area contributed by atoms with E-state index in [9.17, 15) is 5.11 Å². The Hall–Kier alpha value is -1.06. The summed E-state index contributed by atoms with van der Waals surface area (Å²) in [5.74, 6) is 0.337. The number of benzene rings is 1. The fraction of sp³-hybridized carbons (Fsp3) is 0.667. The molecule has 1 aromatic carbocycles. The summed E-state index contributed by atoms with van der Waals surface area (Å²) in [7, 11) is 0. The van der Waals surface area contributed by atoms with Gasteiger partial charge in [0.05, 0.1) is 11.2 Å². The molecule has 1 saturated heterocycles. The van der Waals surface area contributed by atoms with E-state index in [-0.39, 0.29) is 11.2 Å². The molecule has 21 heavy (non-hydrogen) atoms. The minimum absolute atomic E-state index is 0.0887. The number of phenols is 1. The Morgan fingerprint density at radius 3 is 2.14 bits per heavy atom. The van der Waals surface area contributed by atoms with Crippen LogP contribution in [0.3, 0.4) is 0 Å². The van der Waals surface area contributed by atoms with Gasteiger partial charge in [0.2, 0.25) is 0 Å². The average molecular weight is 291 g/mol. The van der Waals surface area contributed by atoms with Crippen LogP contribution in [0.15, 0.2) is 24.3 Å². The molecule has 3 heteroatoms. The van der Waals surface area contributed by atoms with Gasteiger partial charge in [-0.25, -0.2) is 0 Å². The van der Waals surface area contributed by atoms with Crippen LogP contribution in [0.5, 0.6) is 5.75 Å². The molecule has 2 rings (SSSR count). The number of aryl methyl sites for hydroxylation is 1. The molecule has 118 valence electrons. The monoisotopic (exact) mass is 291 g/mol. The smallest absolute Gasteiger partial charge is 0.115 e. The van der Waals surface area contributed by atoms with E-state index < -0.39 is 0 Å². The molecule has 1 aliphatic rings. The highest BCUT2D eigenvalue weighted by atomic mass is 16.5. The molecule has 3 nitrogen and oxygen atoms in total. The van der Waals surface area contributed by atoms with Crippen molar-refractivity contribution in [1.29, 1.82) is 0 Å². The van der Waals surface area contributed by atoms with Crippen LogP contribution in [-0.2, 0) is 11.2 Å². The Morgan fingerprint density at radius 1 is 1.10 bits per heavy atom. The third kappa shape index (κ3) is 4.72. The zero-order chi connectivity index (χ0) is 15.7. The standard InChI is InChI=1S/C18H29NO2/c1-14(6-7-15-8-10-16(20)11-9-15)19-12-17(2,3)21-18(4,5)13-19/h8-11,14,20H,6-7,12-13H2,1-5H3. The second kappa shape index (κ2) is 5.98. The van der Waals surface area contributed by atoms with Crippen molar-refractivity contribution < 1.29 is 9.84 Å². The second-order valence-electron chi connectivity index (χ2n) is 7.58. The molecule has 0 spiro atoms. The quantitative estimate of drug-likeness (QED) is 0.920. The lowest BCUT2D eigenvalue weighted by Crippen LogP contribution is -2.59. The van der Waals surface area contributed by atoms with E-state index in [2.05, 4.69) is 39.5 Å². The van der Waals surface area contributed by atoms with Crippen molar-refractivity contribution in [3.63, 3.8) is 0 Å². The van der Waals surface area contributed by atoms with Crippen LogP contribution in [0.2, 0.25) is 0 Å². The number of morpholine rings is 1. The Morgan fingerprint density at radius 2 is 1.62 bits per heavy atom. The van der Waals surface area contributed by atoms with Crippen LogP contribution >= 0.6 is 0 Å². The largest absolute Gasteiger partial charge is 0.508 e. The van der Waals surface area contributed by atoms with Crippen molar-refractivity contribution in [3.05, 3.63) is 29.8 Å². The minimum atomic E-state index is -0.0887. The third-order valence-corrected chi connectivity index (χ3v) is 4.13. The summed E-state index contributed by atoms with van der Waals surface area (Å²) >= 11 is 0. The topological polar surface area (TPSA) is 32.7 Å². The van der Waals surface area contributed by atoms with E-state index in [1.54, 1.807) is 12.1 Å². The van der Waals surface area contributed by atoms with Crippen molar-refractivity contribution in [2.45, 2.75) is 64.7 Å². The molecule has 1 fully saturated rings. The van der Waals surface area contributed by atoms with Gasteiger partial charge in [-0.1, -0.05) is 12.1 Å². The third-order valence-electron chi connectivity index (χ3n) is 4.13. The van der Waals surface area contributed by atoms with Crippen molar-refractivity contribution >= 4 is 0 Å². The summed E-state index contributed by atoms with van der Waals surface area (Å²) in [4.78, 5) is 2.55. The molecule has 0 radical (unpaired) electrons. The highest BCUT2D eigenvalue weighted by Crippen LogP contribution is 2.30. The van der Waals surface area contributed by atoms with Gasteiger partial charge in [-0.05, 0) is 65.2 Å². The molecule has 1 atom stereocenters. The summed E-state index contributed by atoms with van der Waals surface area (Å²) in [6, 6.07) is 8.08. The maximum Gasteiger partial charge on any atom is 0.115 e. The van der Waals surface area contributed by atoms with Gasteiger partial charge in [-0.15, -0.1) is 0 Å². The molecular weight excluding hydrogens is 262 g/mol. The van der Waals surface area contributed by atoms with Crippen molar-refractivity contribution in [3.8, 4) is 5.75 Å². The molecule has 0 aliphatic carbocycles. The fourth-order valence-corrected chi connectivity index (χ4v) is 3.38. The molecule has 0 amide bonds. The first-order valence-corrected chi connectivity index (χ1v) is 7.89. The first kappa shape index (κ1) is 16.3. The lowest BCUT2D eigenvalue weighted by molar-refractivity contribution is -0.187. The number of aromatic hydroxyl groups is 1. The van der Waals surface area contributed by atoms with Crippen LogP contribution in [0.4, 0.5) is 0 Å². The van der Waals surface area contributed by atoms with Crippen molar-refractivity contribution in [2.75, 3.05) is 13.1 Å². The van der Waals surface area contributed by atoms with Gasteiger partial charge in [0.1, 0.15) is 5.75 Å². The molecule has 1 aromatic rings. The van der Waals surface area contributed by atoms with Gasteiger partial charge in [0.25, 0.3) is 0 Å². The maximum absolute atomic E-state index is 9.33. The Balaban J connectivity index is 1.93. The molecule has 1 unspecified atom stereocenters. The minimum Gasteiger partial charge on any atom is -0.508 e. The van der Waals surface area contributed by atoms with Gasteiger partial charge in [-0.3, -0.25) is 4.90 Å². The Bertz CT molecular complexity index is 449. The van der Waals surface area contributed by atoms with Gasteiger partial charge >= 0.3 is 0 Å². The van der Waals surface area contributed by atoms with E-state index >= 15 is 0 Å². The van der Waals surface area contributed by atoms with Crippen LogP contribution < -0.4 is 0 Å². The Kier molecular flexibility index (Phi) is 4.64. The molecule has 1 N–H and O–H groups in total. The summed E-state index contributed by atoms with van der Waals surface area (Å²) in [5, 5.41) is 9.33. The van der Waals surface area contributed by atoms with Crippen LogP contribution in [0.1, 0.15) is 46.6 Å². The maximum atomic E-state index is 9.33. The first-order chi connectivity index (χ1) is 9.67. The number of hydrogen-bond acceptors (Lipinski definition) is 3. The zero-order valence-electron chi connectivity index (χ0n) is 14.0. The molecule has 1 heterocycles. The van der Waals surface area contributed by atoms with Crippen molar-refractivity contribution in [1.82, 2.24) is 4.90 Å². The number of hydrogen-bond donors (Lipinski definition) is 1. The second-order valence-corrected chi connectivity index (χ2v) is 7.58. The van der Waals surface area contributed by atoms with E-state index in [1.807, 2.05) is 12.1 Å². The zero-order valence-corrected chi connectivity index (χ0v) is 14.0. The van der Waals surface area contributed by atoms with Gasteiger partial charge in [-0.2, -0.15) is 0 Å². The highest BCUT2D eigenvalue weighted by Gasteiger charge is 2.39. The number of phenolic OH excluding ortho intramolecular Hbond substituents is 1. The predicted molar refractivity (Wildman–Crippen MR) is 86.7 cm³/mol. The predicted octanol–water partition coefficient (Wildman–Crippen LogP) is 3.60. The average Bonchev–Trinajstić information content (AvgIpc) is 2.34. The van der Waals surface area contributed by atoms with E-state index in [0.29, 0.717) is 11.8 Å². The molecular formula is C18H29NO2. The number of ether oxygens (including phenoxy) is 1. The van der Waals surface area contributed by atoms with Crippen LogP contribution in [0.25, 0.3) is 0 Å². The van der Waals surface area contributed by atoms with Crippen molar-refractivity contribution in [2.24, 2.45) is 0 Å². The normalized spacial score (nSPS) is 22.9. The Labute approximate surface area is 128 Å². The van der Waals surface area contributed by atoms with Crippen LogP contribution in [0, 0.1) is 0 Å². The molecule has 1 aliphatic heterocycles. The first-order valence-electron chi connectivity index (χ1n) is 7.89. The van der Waals surface area contributed by atoms with E-state index in [4.69, 9.17) is 4.74 Å². The lowest BCUT2D eigenvalue weighted by atomic mass is 9.96. The summed E-state index contributed by atoms with van der Waals surface area (Å²) in [6.45, 7) is 13.0. The van der Waals surface area contributed by atoms with Gasteiger partial charge in [0, 0.05) is 19.1 Å². The van der Waals surface area contributed by atoms with Gasteiger partial charge < -0.3 is 9.84 Å². The number of rotatable bonds is 4.